The van der Waals surface area contributed by atoms with Crippen LogP contribution in [0.2, 0.25) is 0 Å². The Morgan fingerprint density at radius 2 is 1.55 bits per heavy atom. The Balaban J connectivity index is 2.30. The van der Waals surface area contributed by atoms with Gasteiger partial charge in [-0.05, 0) is 23.6 Å². The topological polar surface area (TPSA) is 20.3 Å². The molecule has 114 valence electrons. The fourth-order valence-electron chi connectivity index (χ4n) is 2.08. The Labute approximate surface area is 136 Å². The molecule has 0 saturated heterocycles. The van der Waals surface area contributed by atoms with E-state index in [0.29, 0.717) is 0 Å². The summed E-state index contributed by atoms with van der Waals surface area (Å²) >= 11 is 1.34. The highest BCUT2D eigenvalue weighted by Gasteiger charge is 2.16. The normalized spacial score (nSPS) is 12.8. The number of amides is 1. The van der Waals surface area contributed by atoms with E-state index < -0.39 is 0 Å². The summed E-state index contributed by atoms with van der Waals surface area (Å²) in [5.74, 6) is 0. The number of allylic oxidation sites excluding steroid dienone is 1. The number of thioether (sulfide) groups is 1. The lowest BCUT2D eigenvalue weighted by molar-refractivity contribution is 0.241. The fourth-order valence-corrected chi connectivity index (χ4v) is 3.07. The molecule has 2 aromatic carbocycles. The minimum Gasteiger partial charge on any atom is -0.340 e. The zero-order valence-electron chi connectivity index (χ0n) is 13.2. The summed E-state index contributed by atoms with van der Waals surface area (Å²) in [6.45, 7) is 2.09. The first-order valence-corrected chi connectivity index (χ1v) is 8.12. The maximum absolute atomic E-state index is 12.1. The SMILES string of the molecule is C/C(=C\C(SC(=O)N(C)C)c1ccccc1)c1ccccc1. The standard InChI is InChI=1S/C19H21NOS/c1-15(16-10-6-4-7-11-16)14-18(22-19(21)20(2)3)17-12-8-5-9-13-17/h4-14,18H,1-3H3/b15-14+. The number of carbonyl (C=O) groups is 1. The summed E-state index contributed by atoms with van der Waals surface area (Å²) in [6, 6.07) is 20.4. The van der Waals surface area contributed by atoms with Crippen LogP contribution >= 0.6 is 11.8 Å². The van der Waals surface area contributed by atoms with Crippen molar-refractivity contribution < 1.29 is 4.79 Å². The maximum atomic E-state index is 12.1. The molecule has 0 spiro atoms. The molecule has 1 unspecified atom stereocenters. The quantitative estimate of drug-likeness (QED) is 0.769. The van der Waals surface area contributed by atoms with E-state index in [1.165, 1.54) is 22.9 Å². The Morgan fingerprint density at radius 1 is 1.00 bits per heavy atom. The molecule has 2 aromatic rings. The molecule has 0 heterocycles. The van der Waals surface area contributed by atoms with Gasteiger partial charge in [0.05, 0.1) is 5.25 Å². The van der Waals surface area contributed by atoms with Crippen LogP contribution in [0.3, 0.4) is 0 Å². The van der Waals surface area contributed by atoms with Crippen LogP contribution in [0.15, 0.2) is 66.7 Å². The molecule has 0 N–H and O–H groups in total. The first-order chi connectivity index (χ1) is 10.6. The number of hydrogen-bond acceptors (Lipinski definition) is 2. The van der Waals surface area contributed by atoms with Gasteiger partial charge in [0, 0.05) is 14.1 Å². The molecule has 3 heteroatoms. The summed E-state index contributed by atoms with van der Waals surface area (Å²) in [5, 5.41) is 0.0715. The first kappa shape index (κ1) is 16.4. The van der Waals surface area contributed by atoms with Gasteiger partial charge in [0.2, 0.25) is 0 Å². The molecule has 0 bridgehead atoms. The molecule has 2 rings (SSSR count). The molecular formula is C19H21NOS. The Hall–Kier alpha value is -2.00. The van der Waals surface area contributed by atoms with Gasteiger partial charge in [-0.2, -0.15) is 0 Å². The first-order valence-electron chi connectivity index (χ1n) is 7.24. The van der Waals surface area contributed by atoms with Crippen LogP contribution in [0, 0.1) is 0 Å². The Bertz CT molecular complexity index is 635. The number of benzene rings is 2. The second-order valence-corrected chi connectivity index (χ2v) is 6.42. The third-order valence-corrected chi connectivity index (χ3v) is 4.58. The molecule has 0 fully saturated rings. The summed E-state index contributed by atoms with van der Waals surface area (Å²) in [6.07, 6.45) is 2.16. The molecule has 1 amide bonds. The Kier molecular flexibility index (Phi) is 5.84. The molecular weight excluding hydrogens is 290 g/mol. The van der Waals surface area contributed by atoms with Crippen molar-refractivity contribution in [2.24, 2.45) is 0 Å². The molecule has 0 aliphatic heterocycles. The second-order valence-electron chi connectivity index (χ2n) is 5.33. The molecule has 1 atom stereocenters. The average Bonchev–Trinajstić information content (AvgIpc) is 2.55. The smallest absolute Gasteiger partial charge is 0.282 e. The third-order valence-electron chi connectivity index (χ3n) is 3.35. The van der Waals surface area contributed by atoms with Crippen LogP contribution in [0.25, 0.3) is 5.57 Å². The lowest BCUT2D eigenvalue weighted by atomic mass is 10.0. The van der Waals surface area contributed by atoms with Gasteiger partial charge in [-0.1, -0.05) is 78.5 Å². The lowest BCUT2D eigenvalue weighted by Crippen LogP contribution is -2.17. The Morgan fingerprint density at radius 3 is 2.09 bits per heavy atom. The van der Waals surface area contributed by atoms with E-state index in [1.54, 1.807) is 19.0 Å². The van der Waals surface area contributed by atoms with Gasteiger partial charge in [-0.15, -0.1) is 0 Å². The highest BCUT2D eigenvalue weighted by molar-refractivity contribution is 8.13. The zero-order valence-corrected chi connectivity index (χ0v) is 14.0. The van der Waals surface area contributed by atoms with Crippen molar-refractivity contribution in [2.45, 2.75) is 12.2 Å². The number of rotatable bonds is 4. The number of hydrogen-bond donors (Lipinski definition) is 0. The maximum Gasteiger partial charge on any atom is 0.282 e. The van der Waals surface area contributed by atoms with Gasteiger partial charge < -0.3 is 4.90 Å². The van der Waals surface area contributed by atoms with Crippen molar-refractivity contribution in [1.82, 2.24) is 4.90 Å². The van der Waals surface area contributed by atoms with Gasteiger partial charge in [0.25, 0.3) is 5.24 Å². The highest BCUT2D eigenvalue weighted by Crippen LogP contribution is 2.34. The van der Waals surface area contributed by atoms with E-state index in [4.69, 9.17) is 0 Å². The van der Waals surface area contributed by atoms with Gasteiger partial charge in [-0.3, -0.25) is 4.79 Å². The van der Waals surface area contributed by atoms with E-state index in [2.05, 4.69) is 37.3 Å². The summed E-state index contributed by atoms with van der Waals surface area (Å²) in [4.78, 5) is 13.7. The third kappa shape index (κ3) is 4.50. The molecule has 0 saturated carbocycles. The van der Waals surface area contributed by atoms with Crippen LogP contribution < -0.4 is 0 Å². The van der Waals surface area contributed by atoms with Crippen molar-refractivity contribution in [2.75, 3.05) is 14.1 Å². The fraction of sp³-hybridized carbons (Fsp3) is 0.211. The number of nitrogens with zero attached hydrogens (tertiary/aromatic N) is 1. The second kappa shape index (κ2) is 7.85. The molecule has 0 aromatic heterocycles. The predicted octanol–water partition coefficient (Wildman–Crippen LogP) is 5.25. The average molecular weight is 311 g/mol. The van der Waals surface area contributed by atoms with Crippen molar-refractivity contribution in [3.05, 3.63) is 77.9 Å². The molecule has 22 heavy (non-hydrogen) atoms. The number of carbonyl (C=O) groups excluding carboxylic acids is 1. The highest BCUT2D eigenvalue weighted by atomic mass is 32.2. The van der Waals surface area contributed by atoms with Crippen LogP contribution in [0.4, 0.5) is 4.79 Å². The van der Waals surface area contributed by atoms with E-state index in [0.717, 1.165) is 5.56 Å². The van der Waals surface area contributed by atoms with Crippen LogP contribution in [-0.2, 0) is 0 Å². The van der Waals surface area contributed by atoms with Crippen LogP contribution in [0.5, 0.6) is 0 Å². The van der Waals surface area contributed by atoms with Crippen LogP contribution in [-0.4, -0.2) is 24.2 Å². The summed E-state index contributed by atoms with van der Waals surface area (Å²) < 4.78 is 0. The minimum absolute atomic E-state index is 0.0105. The van der Waals surface area contributed by atoms with Gasteiger partial charge >= 0.3 is 0 Å². The van der Waals surface area contributed by atoms with Gasteiger partial charge in [0.1, 0.15) is 0 Å². The van der Waals surface area contributed by atoms with Crippen molar-refractivity contribution in [3.63, 3.8) is 0 Å². The molecule has 2 nitrogen and oxygen atoms in total. The van der Waals surface area contributed by atoms with E-state index in [1.807, 2.05) is 36.4 Å². The lowest BCUT2D eigenvalue weighted by Gasteiger charge is -2.17. The van der Waals surface area contributed by atoms with E-state index >= 15 is 0 Å². The van der Waals surface area contributed by atoms with Crippen molar-refractivity contribution in [1.29, 1.82) is 0 Å². The zero-order chi connectivity index (χ0) is 15.9. The largest absolute Gasteiger partial charge is 0.340 e. The van der Waals surface area contributed by atoms with E-state index in [-0.39, 0.29) is 10.5 Å². The van der Waals surface area contributed by atoms with Crippen LogP contribution in [0.1, 0.15) is 23.3 Å². The molecule has 0 aliphatic carbocycles. The minimum atomic E-state index is 0.0105. The monoisotopic (exact) mass is 311 g/mol. The summed E-state index contributed by atoms with van der Waals surface area (Å²) in [5.41, 5.74) is 3.49. The molecule has 0 radical (unpaired) electrons. The molecule has 0 aliphatic rings. The predicted molar refractivity (Wildman–Crippen MR) is 96.0 cm³/mol. The van der Waals surface area contributed by atoms with E-state index in [9.17, 15) is 4.79 Å². The van der Waals surface area contributed by atoms with Crippen molar-refractivity contribution >= 4 is 22.6 Å². The van der Waals surface area contributed by atoms with Gasteiger partial charge in [0.15, 0.2) is 0 Å². The summed E-state index contributed by atoms with van der Waals surface area (Å²) in [7, 11) is 3.57. The van der Waals surface area contributed by atoms with Gasteiger partial charge in [-0.25, -0.2) is 0 Å². The van der Waals surface area contributed by atoms with Crippen molar-refractivity contribution in [3.8, 4) is 0 Å².